The molecule has 4 heterocycles. The number of rotatable bonds is 6. The number of fused-ring (bicyclic) bond motifs is 4. The molecule has 294 valence electrons. The average molecular weight is 770 g/mol. The van der Waals surface area contributed by atoms with E-state index in [1.807, 2.05) is 24.3 Å². The van der Waals surface area contributed by atoms with Gasteiger partial charge in [-0.05, 0) is 88.5 Å². The van der Waals surface area contributed by atoms with E-state index in [9.17, 15) is 32.4 Å². The Morgan fingerprint density at radius 3 is 2.31 bits per heavy atom. The highest BCUT2D eigenvalue weighted by atomic mass is 32.2. The molecule has 3 amide bonds. The molecule has 2 aliphatic carbocycles. The molecule has 0 spiro atoms. The standard InChI is InChI=1S/C39H51N3O11S/c1-38(2,3)53-36(46)40-29-10-8-6-4-5-7-9-26-18-39(26,34(44)23-54(48,49)28-11-12-28)19-31(43)30-17-27(22-42(30)35(29)45)52-37(47)41-20-24-15-32-33(16-25(24)21-41)51-14-13-50-32/h7,9,15-16,26-30H,4-6,8,10-14,17-23H2,1-3H3,(H,40,46)/b9-7-/t26-,27-,29+,30+,39-/m1/s1. The van der Waals surface area contributed by atoms with Gasteiger partial charge in [0.2, 0.25) is 5.91 Å². The molecule has 1 aromatic carbocycles. The maximum absolute atomic E-state index is 14.4. The van der Waals surface area contributed by atoms with Crippen LogP contribution in [0.25, 0.3) is 0 Å². The van der Waals surface area contributed by atoms with E-state index in [4.69, 9.17) is 18.9 Å². The van der Waals surface area contributed by atoms with Gasteiger partial charge in [-0.25, -0.2) is 18.0 Å². The fraction of sp³-hybridized carbons (Fsp3) is 0.667. The summed E-state index contributed by atoms with van der Waals surface area (Å²) in [5.41, 5.74) is -0.179. The Morgan fingerprint density at radius 2 is 1.67 bits per heavy atom. The van der Waals surface area contributed by atoms with Crippen LogP contribution < -0.4 is 14.8 Å². The van der Waals surface area contributed by atoms with Gasteiger partial charge in [0.25, 0.3) is 0 Å². The van der Waals surface area contributed by atoms with Crippen molar-refractivity contribution in [2.75, 3.05) is 25.5 Å². The zero-order chi connectivity index (χ0) is 38.4. The number of carbonyl (C=O) groups excluding carboxylic acids is 5. The van der Waals surface area contributed by atoms with Gasteiger partial charge in [0.1, 0.15) is 36.7 Å². The molecule has 6 aliphatic rings. The Balaban J connectivity index is 1.12. The zero-order valence-corrected chi connectivity index (χ0v) is 32.1. The molecule has 14 nitrogen and oxygen atoms in total. The summed E-state index contributed by atoms with van der Waals surface area (Å²) in [6, 6.07) is 1.66. The molecule has 0 aromatic heterocycles. The summed E-state index contributed by atoms with van der Waals surface area (Å²) < 4.78 is 48.8. The monoisotopic (exact) mass is 769 g/mol. The summed E-state index contributed by atoms with van der Waals surface area (Å²) in [6.45, 7) is 6.52. The van der Waals surface area contributed by atoms with Gasteiger partial charge in [0.05, 0.1) is 17.8 Å². The topological polar surface area (TPSA) is 175 Å². The lowest BCUT2D eigenvalue weighted by molar-refractivity contribution is -0.140. The van der Waals surface area contributed by atoms with E-state index in [1.165, 1.54) is 9.80 Å². The predicted octanol–water partition coefficient (Wildman–Crippen LogP) is 4.40. The molecule has 54 heavy (non-hydrogen) atoms. The Bertz CT molecular complexity index is 1800. The molecule has 7 rings (SSSR count). The zero-order valence-electron chi connectivity index (χ0n) is 31.3. The Kier molecular flexibility index (Phi) is 10.5. The summed E-state index contributed by atoms with van der Waals surface area (Å²) >= 11 is 0. The molecule has 0 radical (unpaired) electrons. The highest BCUT2D eigenvalue weighted by molar-refractivity contribution is 7.93. The minimum atomic E-state index is -3.62. The lowest BCUT2D eigenvalue weighted by Crippen LogP contribution is -2.53. The van der Waals surface area contributed by atoms with Gasteiger partial charge in [-0.2, -0.15) is 0 Å². The number of nitrogens with one attached hydrogen (secondary N) is 1. The number of hydrogen-bond donors (Lipinski definition) is 1. The van der Waals surface area contributed by atoms with E-state index in [0.717, 1.165) is 30.4 Å². The van der Waals surface area contributed by atoms with E-state index >= 15 is 0 Å². The van der Waals surface area contributed by atoms with Crippen molar-refractivity contribution in [2.45, 2.75) is 127 Å². The van der Waals surface area contributed by atoms with Crippen LogP contribution in [0, 0.1) is 11.3 Å². The molecule has 2 saturated carbocycles. The third-order valence-electron chi connectivity index (χ3n) is 11.3. The fourth-order valence-electron chi connectivity index (χ4n) is 8.18. The number of allylic oxidation sites excluding steroid dienone is 2. The fourth-order valence-corrected chi connectivity index (χ4v) is 9.92. The van der Waals surface area contributed by atoms with Crippen molar-refractivity contribution in [3.05, 3.63) is 35.4 Å². The van der Waals surface area contributed by atoms with E-state index in [1.54, 1.807) is 20.8 Å². The third-order valence-corrected chi connectivity index (χ3v) is 13.4. The number of sulfone groups is 1. The van der Waals surface area contributed by atoms with Gasteiger partial charge in [0.15, 0.2) is 32.9 Å². The van der Waals surface area contributed by atoms with Crippen molar-refractivity contribution in [1.82, 2.24) is 15.1 Å². The first-order chi connectivity index (χ1) is 25.6. The molecule has 15 heteroatoms. The van der Waals surface area contributed by atoms with Crippen LogP contribution in [0.15, 0.2) is 24.3 Å². The summed E-state index contributed by atoms with van der Waals surface area (Å²) in [5.74, 6) is -1.02. The van der Waals surface area contributed by atoms with Crippen LogP contribution in [-0.2, 0) is 46.8 Å². The first-order valence-electron chi connectivity index (χ1n) is 19.2. The molecule has 0 bridgehead atoms. The minimum absolute atomic E-state index is 0.00259. The van der Waals surface area contributed by atoms with Crippen LogP contribution in [0.3, 0.4) is 0 Å². The SMILES string of the molecule is CC(C)(C)OC(=O)N[C@H]1CCCCC/C=C\[C@@H]2C[C@@]2(C(=O)CS(=O)(=O)C2CC2)CC(=O)[C@@H]2C[C@@H](OC(=O)N3Cc4cc5c(cc4C3)OCCO5)CN2C1=O. The molecule has 4 aliphatic heterocycles. The lowest BCUT2D eigenvalue weighted by Gasteiger charge is -2.30. The first-order valence-corrected chi connectivity index (χ1v) is 20.9. The minimum Gasteiger partial charge on any atom is -0.486 e. The van der Waals surface area contributed by atoms with Gasteiger partial charge in [-0.3, -0.25) is 19.3 Å². The van der Waals surface area contributed by atoms with Gasteiger partial charge in [-0.15, -0.1) is 0 Å². The van der Waals surface area contributed by atoms with Crippen LogP contribution in [0.1, 0.15) is 96.1 Å². The van der Waals surface area contributed by atoms with E-state index < -0.39 is 79.7 Å². The van der Waals surface area contributed by atoms with E-state index in [2.05, 4.69) is 5.32 Å². The van der Waals surface area contributed by atoms with Crippen LogP contribution >= 0.6 is 0 Å². The molecule has 1 aromatic rings. The summed E-state index contributed by atoms with van der Waals surface area (Å²) in [7, 11) is -3.62. The van der Waals surface area contributed by atoms with Crippen molar-refractivity contribution in [1.29, 1.82) is 0 Å². The number of amides is 3. The number of ether oxygens (including phenoxy) is 4. The number of ketones is 2. The van der Waals surface area contributed by atoms with Crippen LogP contribution in [0.5, 0.6) is 11.5 Å². The quantitative estimate of drug-likeness (QED) is 0.406. The predicted molar refractivity (Wildman–Crippen MR) is 194 cm³/mol. The van der Waals surface area contributed by atoms with Gasteiger partial charge in [0, 0.05) is 31.3 Å². The van der Waals surface area contributed by atoms with E-state index in [0.29, 0.717) is 56.8 Å². The Labute approximate surface area is 316 Å². The van der Waals surface area contributed by atoms with Crippen molar-refractivity contribution >= 4 is 39.5 Å². The highest BCUT2D eigenvalue weighted by Gasteiger charge is 2.61. The highest BCUT2D eigenvalue weighted by Crippen LogP contribution is 2.58. The number of carbonyl (C=O) groups is 5. The summed E-state index contributed by atoms with van der Waals surface area (Å²) in [5, 5.41) is 2.22. The van der Waals surface area contributed by atoms with Gasteiger partial charge in [-0.1, -0.05) is 25.0 Å². The first kappa shape index (κ1) is 38.1. The Hall–Kier alpha value is -4.14. The second-order valence-electron chi connectivity index (χ2n) is 16.7. The number of Topliss-reactive ketones (excluding diaryl/α,β-unsaturated/α-hetero) is 2. The molecule has 0 unspecified atom stereocenters. The largest absolute Gasteiger partial charge is 0.486 e. The summed E-state index contributed by atoms with van der Waals surface area (Å²) in [4.78, 5) is 72.1. The summed E-state index contributed by atoms with van der Waals surface area (Å²) in [6.07, 6.45) is 6.11. The number of alkyl carbamates (subject to hydrolysis) is 1. The maximum atomic E-state index is 14.4. The molecular formula is C39H51N3O11S. The normalized spacial score (nSPS) is 29.2. The molecular weight excluding hydrogens is 719 g/mol. The molecule has 5 atom stereocenters. The van der Waals surface area contributed by atoms with Crippen LogP contribution in [-0.4, -0.2) is 102 Å². The van der Waals surface area contributed by atoms with Gasteiger partial charge < -0.3 is 29.2 Å². The molecule has 3 fully saturated rings. The van der Waals surface area contributed by atoms with Crippen molar-refractivity contribution in [3.63, 3.8) is 0 Å². The lowest BCUT2D eigenvalue weighted by atomic mass is 9.88. The number of nitrogens with zero attached hydrogens (tertiary/aromatic N) is 2. The molecule has 1 saturated heterocycles. The van der Waals surface area contributed by atoms with Crippen molar-refractivity contribution in [3.8, 4) is 11.5 Å². The van der Waals surface area contributed by atoms with Crippen molar-refractivity contribution in [2.24, 2.45) is 11.3 Å². The maximum Gasteiger partial charge on any atom is 0.410 e. The van der Waals surface area contributed by atoms with Crippen LogP contribution in [0.2, 0.25) is 0 Å². The second-order valence-corrected chi connectivity index (χ2v) is 19.0. The van der Waals surface area contributed by atoms with E-state index in [-0.39, 0.29) is 38.4 Å². The van der Waals surface area contributed by atoms with Crippen molar-refractivity contribution < 1.29 is 51.3 Å². The van der Waals surface area contributed by atoms with Gasteiger partial charge >= 0.3 is 12.2 Å². The number of hydrogen-bond acceptors (Lipinski definition) is 11. The third kappa shape index (κ3) is 8.40. The molecule has 1 N–H and O–H groups in total. The average Bonchev–Trinajstić information content (AvgIpc) is 3.99. The van der Waals surface area contributed by atoms with Crippen LogP contribution in [0.4, 0.5) is 9.59 Å². The second kappa shape index (κ2) is 14.8. The smallest absolute Gasteiger partial charge is 0.410 e. The number of benzene rings is 1. The Morgan fingerprint density at radius 1 is 0.981 bits per heavy atom.